The number of ketones is 1. The van der Waals surface area contributed by atoms with Crippen LogP contribution in [0.2, 0.25) is 0 Å². The van der Waals surface area contributed by atoms with Crippen LogP contribution in [0.15, 0.2) is 36.4 Å². The summed E-state index contributed by atoms with van der Waals surface area (Å²) in [5, 5.41) is 0. The summed E-state index contributed by atoms with van der Waals surface area (Å²) < 4.78 is 27.1. The van der Waals surface area contributed by atoms with Gasteiger partial charge in [0.05, 0.1) is 5.75 Å². The molecule has 1 aliphatic rings. The van der Waals surface area contributed by atoms with Gasteiger partial charge in [-0.1, -0.05) is 36.4 Å². The van der Waals surface area contributed by atoms with Crippen molar-refractivity contribution in [1.82, 2.24) is 9.21 Å². The number of nitrogens with zero attached hydrogens (tertiary/aromatic N) is 2. The van der Waals surface area contributed by atoms with Crippen LogP contribution < -0.4 is 0 Å². The average molecular weight is 415 g/mol. The second-order valence-corrected chi connectivity index (χ2v) is 9.93. The molecule has 0 amide bonds. The first-order valence-electron chi connectivity index (χ1n) is 10.0. The number of aryl methyl sites for hydroxylation is 2. The fraction of sp³-hybridized carbons (Fsp3) is 0.435. The zero-order valence-electron chi connectivity index (χ0n) is 17.7. The van der Waals surface area contributed by atoms with Gasteiger partial charge in [-0.15, -0.1) is 0 Å². The minimum atomic E-state index is -3.31. The summed E-state index contributed by atoms with van der Waals surface area (Å²) in [4.78, 5) is 14.3. The van der Waals surface area contributed by atoms with Crippen LogP contribution in [0.3, 0.4) is 0 Å². The van der Waals surface area contributed by atoms with Gasteiger partial charge in [0.1, 0.15) is 0 Å². The summed E-state index contributed by atoms with van der Waals surface area (Å²) in [6, 6.07) is 11.4. The number of benzene rings is 2. The van der Waals surface area contributed by atoms with Gasteiger partial charge in [0.15, 0.2) is 5.78 Å². The Kier molecular flexibility index (Phi) is 6.56. The fourth-order valence-corrected chi connectivity index (χ4v) is 5.79. The lowest BCUT2D eigenvalue weighted by Gasteiger charge is -2.34. The molecule has 5 nitrogen and oxygen atoms in total. The van der Waals surface area contributed by atoms with Crippen LogP contribution in [-0.2, 0) is 22.3 Å². The van der Waals surface area contributed by atoms with Gasteiger partial charge in [-0.25, -0.2) is 8.42 Å². The molecule has 3 rings (SSSR count). The molecule has 0 bridgehead atoms. The Bertz CT molecular complexity index is 993. The molecule has 156 valence electrons. The maximum atomic E-state index is 12.8. The fourth-order valence-electron chi connectivity index (χ4n) is 4.28. The third-order valence-electron chi connectivity index (χ3n) is 5.78. The lowest BCUT2D eigenvalue weighted by atomic mass is 9.91. The lowest BCUT2D eigenvalue weighted by Crippen LogP contribution is -2.48. The summed E-state index contributed by atoms with van der Waals surface area (Å²) in [6.45, 7) is 10.8. The Morgan fingerprint density at radius 1 is 0.966 bits per heavy atom. The topological polar surface area (TPSA) is 57.7 Å². The van der Waals surface area contributed by atoms with Crippen molar-refractivity contribution in [2.45, 2.75) is 40.0 Å². The highest BCUT2D eigenvalue weighted by atomic mass is 32.2. The Morgan fingerprint density at radius 3 is 2.17 bits per heavy atom. The molecule has 1 saturated heterocycles. The third kappa shape index (κ3) is 4.94. The molecule has 0 aliphatic carbocycles. The molecule has 0 saturated carbocycles. The van der Waals surface area contributed by atoms with Crippen molar-refractivity contribution in [1.29, 1.82) is 0 Å². The Balaban J connectivity index is 1.68. The first kappa shape index (κ1) is 21.7. The Hall–Kier alpha value is -2.02. The first-order valence-corrected chi connectivity index (χ1v) is 11.6. The van der Waals surface area contributed by atoms with E-state index in [2.05, 4.69) is 17.9 Å². The van der Waals surface area contributed by atoms with Gasteiger partial charge in [-0.05, 0) is 55.5 Å². The normalized spacial score (nSPS) is 16.1. The third-order valence-corrected chi connectivity index (χ3v) is 7.63. The van der Waals surface area contributed by atoms with E-state index in [9.17, 15) is 13.2 Å². The summed E-state index contributed by atoms with van der Waals surface area (Å²) >= 11 is 0. The van der Waals surface area contributed by atoms with Crippen LogP contribution in [0.4, 0.5) is 0 Å². The highest BCUT2D eigenvalue weighted by molar-refractivity contribution is 7.88. The minimum Gasteiger partial charge on any atom is -0.296 e. The summed E-state index contributed by atoms with van der Waals surface area (Å²) in [6.07, 6.45) is 0. The molecule has 1 aliphatic heterocycles. The number of sulfonamides is 1. The van der Waals surface area contributed by atoms with E-state index in [1.807, 2.05) is 44.2 Å². The largest absolute Gasteiger partial charge is 0.296 e. The molecular weight excluding hydrogens is 384 g/mol. The molecule has 6 heteroatoms. The predicted molar refractivity (Wildman–Crippen MR) is 117 cm³/mol. The maximum absolute atomic E-state index is 12.8. The van der Waals surface area contributed by atoms with Crippen LogP contribution in [-0.4, -0.2) is 49.6 Å². The highest BCUT2D eigenvalue weighted by Crippen LogP contribution is 2.25. The zero-order chi connectivity index (χ0) is 21.2. The van der Waals surface area contributed by atoms with Gasteiger partial charge < -0.3 is 0 Å². The van der Waals surface area contributed by atoms with Crippen molar-refractivity contribution in [2.75, 3.05) is 26.2 Å². The molecule has 1 heterocycles. The van der Waals surface area contributed by atoms with Gasteiger partial charge in [0.2, 0.25) is 10.0 Å². The van der Waals surface area contributed by atoms with E-state index < -0.39 is 10.0 Å². The van der Waals surface area contributed by atoms with Crippen molar-refractivity contribution in [3.63, 3.8) is 0 Å². The molecule has 29 heavy (non-hydrogen) atoms. The Morgan fingerprint density at radius 2 is 1.59 bits per heavy atom. The van der Waals surface area contributed by atoms with E-state index >= 15 is 0 Å². The SMILES string of the molecule is CC(=O)c1c(C)cc(C)c(CN2CCN(S(=O)(=O)Cc3ccccc3)CC2)c1C. The van der Waals surface area contributed by atoms with Crippen LogP contribution in [0.25, 0.3) is 0 Å². The minimum absolute atomic E-state index is 0.0476. The van der Waals surface area contributed by atoms with E-state index in [0.717, 1.165) is 28.8 Å². The maximum Gasteiger partial charge on any atom is 0.218 e. The first-order chi connectivity index (χ1) is 13.7. The van der Waals surface area contributed by atoms with Crippen LogP contribution in [0, 0.1) is 20.8 Å². The second-order valence-electron chi connectivity index (χ2n) is 7.96. The monoisotopic (exact) mass is 414 g/mol. The molecule has 2 aromatic rings. The van der Waals surface area contributed by atoms with E-state index in [4.69, 9.17) is 0 Å². The summed E-state index contributed by atoms with van der Waals surface area (Å²) in [7, 11) is -3.31. The molecule has 2 aromatic carbocycles. The molecule has 0 spiro atoms. The lowest BCUT2D eigenvalue weighted by molar-refractivity contribution is 0.101. The smallest absolute Gasteiger partial charge is 0.218 e. The Labute approximate surface area is 174 Å². The molecule has 0 aromatic heterocycles. The number of hydrogen-bond donors (Lipinski definition) is 0. The molecule has 0 atom stereocenters. The van der Waals surface area contributed by atoms with E-state index in [-0.39, 0.29) is 11.5 Å². The number of Topliss-reactive ketones (excluding diaryl/α,β-unsaturated/α-hetero) is 1. The number of carbonyl (C=O) groups excluding carboxylic acids is 1. The molecule has 1 fully saturated rings. The average Bonchev–Trinajstić information content (AvgIpc) is 2.65. The van der Waals surface area contributed by atoms with Crippen LogP contribution in [0.5, 0.6) is 0 Å². The predicted octanol–water partition coefficient (Wildman–Crippen LogP) is 3.46. The van der Waals surface area contributed by atoms with Gasteiger partial charge >= 0.3 is 0 Å². The highest BCUT2D eigenvalue weighted by Gasteiger charge is 2.27. The molecule has 0 radical (unpaired) electrons. The quantitative estimate of drug-likeness (QED) is 0.679. The molecular formula is C23H30N2O3S. The van der Waals surface area contributed by atoms with Crippen molar-refractivity contribution in [3.8, 4) is 0 Å². The van der Waals surface area contributed by atoms with Gasteiger partial charge in [0.25, 0.3) is 0 Å². The standard InChI is InChI=1S/C23H30N2O3S/c1-17-14-18(2)23(20(4)26)19(3)22(17)15-24-10-12-25(13-11-24)29(27,28)16-21-8-6-5-7-9-21/h5-9,14H,10-13,15-16H2,1-4H3. The number of hydrogen-bond acceptors (Lipinski definition) is 4. The number of rotatable bonds is 6. The van der Waals surface area contributed by atoms with E-state index in [1.54, 1.807) is 11.2 Å². The van der Waals surface area contributed by atoms with E-state index in [0.29, 0.717) is 26.2 Å². The number of piperazine rings is 1. The molecule has 0 N–H and O–H groups in total. The van der Waals surface area contributed by atoms with Crippen molar-refractivity contribution >= 4 is 15.8 Å². The van der Waals surface area contributed by atoms with Crippen molar-refractivity contribution < 1.29 is 13.2 Å². The van der Waals surface area contributed by atoms with Gasteiger partial charge in [-0.3, -0.25) is 9.69 Å². The molecule has 0 unspecified atom stereocenters. The van der Waals surface area contributed by atoms with Crippen LogP contribution >= 0.6 is 0 Å². The van der Waals surface area contributed by atoms with Crippen molar-refractivity contribution in [3.05, 3.63) is 69.8 Å². The zero-order valence-corrected chi connectivity index (χ0v) is 18.6. The summed E-state index contributed by atoms with van der Waals surface area (Å²) in [5.41, 5.74) is 6.07. The number of carbonyl (C=O) groups is 1. The van der Waals surface area contributed by atoms with E-state index in [1.165, 1.54) is 11.1 Å². The second kappa shape index (κ2) is 8.78. The van der Waals surface area contributed by atoms with Gasteiger partial charge in [0, 0.05) is 38.3 Å². The van der Waals surface area contributed by atoms with Crippen LogP contribution in [0.1, 0.15) is 45.1 Å². The van der Waals surface area contributed by atoms with Crippen molar-refractivity contribution in [2.24, 2.45) is 0 Å². The van der Waals surface area contributed by atoms with Gasteiger partial charge in [-0.2, -0.15) is 4.31 Å². The summed E-state index contributed by atoms with van der Waals surface area (Å²) in [5.74, 6) is 0.143.